The molecule has 2 fully saturated rings. The van der Waals surface area contributed by atoms with Gasteiger partial charge in [0, 0.05) is 37.7 Å². The highest BCUT2D eigenvalue weighted by atomic mass is 16.5. The molecule has 3 rings (SSSR count). The lowest BCUT2D eigenvalue weighted by Crippen LogP contribution is -2.46. The molecule has 1 saturated carbocycles. The molecule has 0 spiro atoms. The average Bonchev–Trinajstić information content (AvgIpc) is 2.69. The molecule has 1 aromatic rings. The number of nitrogens with zero attached hydrogens (tertiary/aromatic N) is 1. The van der Waals surface area contributed by atoms with E-state index in [2.05, 4.69) is 5.32 Å². The fourth-order valence-corrected chi connectivity index (χ4v) is 3.80. The van der Waals surface area contributed by atoms with Crippen molar-refractivity contribution in [2.75, 3.05) is 13.1 Å². The van der Waals surface area contributed by atoms with E-state index in [1.165, 1.54) is 31.8 Å². The molecule has 2 aliphatic rings. The number of ether oxygens (including phenoxy) is 1. The first-order valence-corrected chi connectivity index (χ1v) is 10.1. The van der Waals surface area contributed by atoms with Crippen LogP contribution in [0, 0.1) is 0 Å². The van der Waals surface area contributed by atoms with E-state index in [-0.39, 0.29) is 17.9 Å². The van der Waals surface area contributed by atoms with Crippen LogP contribution in [0.15, 0.2) is 35.9 Å². The number of likely N-dealkylation sites (tertiary alicyclic amines) is 1. The Bertz CT molecular complexity index is 756. The number of amides is 2. The standard InChI is InChI=1S/C22H28N2O4/c1-16(25)28-20-9-5-8-18(15-20)22(27)23-19-10-12-24(13-11-19)21(26)14-17-6-3-2-4-7-17/h5,8-9,14-15,19H,2-4,6-7,10-13H2,1H3,(H,23,27). The van der Waals surface area contributed by atoms with Crippen molar-refractivity contribution in [2.24, 2.45) is 0 Å². The molecular formula is C22H28N2O4. The van der Waals surface area contributed by atoms with E-state index in [1.807, 2.05) is 11.0 Å². The highest BCUT2D eigenvalue weighted by Crippen LogP contribution is 2.23. The third-order valence-electron chi connectivity index (χ3n) is 5.32. The summed E-state index contributed by atoms with van der Waals surface area (Å²) in [6, 6.07) is 6.62. The van der Waals surface area contributed by atoms with E-state index in [4.69, 9.17) is 4.74 Å². The van der Waals surface area contributed by atoms with E-state index in [0.717, 1.165) is 25.7 Å². The van der Waals surface area contributed by atoms with Crippen LogP contribution in [-0.4, -0.2) is 41.8 Å². The largest absolute Gasteiger partial charge is 0.427 e. The molecule has 150 valence electrons. The Morgan fingerprint density at radius 2 is 1.82 bits per heavy atom. The number of carbonyl (C=O) groups excluding carboxylic acids is 3. The van der Waals surface area contributed by atoms with Crippen LogP contribution in [-0.2, 0) is 9.59 Å². The zero-order valence-corrected chi connectivity index (χ0v) is 16.4. The van der Waals surface area contributed by atoms with Gasteiger partial charge in [-0.3, -0.25) is 14.4 Å². The second-order valence-corrected chi connectivity index (χ2v) is 7.56. The van der Waals surface area contributed by atoms with Crippen molar-refractivity contribution in [3.8, 4) is 5.75 Å². The Balaban J connectivity index is 1.49. The van der Waals surface area contributed by atoms with Crippen LogP contribution in [0.1, 0.15) is 62.2 Å². The molecule has 1 aliphatic heterocycles. The SMILES string of the molecule is CC(=O)Oc1cccc(C(=O)NC2CCN(C(=O)C=C3CCCCC3)CC2)c1. The molecule has 0 radical (unpaired) electrons. The maximum atomic E-state index is 12.5. The number of allylic oxidation sites excluding steroid dienone is 1. The number of nitrogens with one attached hydrogen (secondary N) is 1. The van der Waals surface area contributed by atoms with Gasteiger partial charge in [-0.15, -0.1) is 0 Å². The topological polar surface area (TPSA) is 75.7 Å². The Kier molecular flexibility index (Phi) is 6.85. The second kappa shape index (κ2) is 9.53. The highest BCUT2D eigenvalue weighted by molar-refractivity contribution is 5.95. The molecule has 0 atom stereocenters. The van der Waals surface area contributed by atoms with E-state index in [9.17, 15) is 14.4 Å². The maximum absolute atomic E-state index is 12.5. The van der Waals surface area contributed by atoms with Crippen molar-refractivity contribution in [3.63, 3.8) is 0 Å². The van der Waals surface area contributed by atoms with Crippen LogP contribution in [0.25, 0.3) is 0 Å². The fourth-order valence-electron chi connectivity index (χ4n) is 3.80. The van der Waals surface area contributed by atoms with Gasteiger partial charge in [-0.1, -0.05) is 18.1 Å². The van der Waals surface area contributed by atoms with Crippen LogP contribution in [0.2, 0.25) is 0 Å². The summed E-state index contributed by atoms with van der Waals surface area (Å²) in [7, 11) is 0. The molecule has 1 aromatic carbocycles. The van der Waals surface area contributed by atoms with Crippen molar-refractivity contribution < 1.29 is 19.1 Å². The van der Waals surface area contributed by atoms with Crippen LogP contribution in [0.5, 0.6) is 5.75 Å². The summed E-state index contributed by atoms with van der Waals surface area (Å²) in [5.74, 6) is -0.145. The molecule has 0 bridgehead atoms. The monoisotopic (exact) mass is 384 g/mol. The molecule has 2 amide bonds. The highest BCUT2D eigenvalue weighted by Gasteiger charge is 2.24. The third kappa shape index (κ3) is 5.68. The quantitative estimate of drug-likeness (QED) is 0.491. The molecule has 0 unspecified atom stereocenters. The van der Waals surface area contributed by atoms with Crippen LogP contribution < -0.4 is 10.1 Å². The van der Waals surface area contributed by atoms with Crippen molar-refractivity contribution in [1.82, 2.24) is 10.2 Å². The lowest BCUT2D eigenvalue weighted by atomic mass is 9.94. The van der Waals surface area contributed by atoms with Crippen LogP contribution in [0.4, 0.5) is 0 Å². The lowest BCUT2D eigenvalue weighted by Gasteiger charge is -2.32. The van der Waals surface area contributed by atoms with E-state index < -0.39 is 5.97 Å². The van der Waals surface area contributed by atoms with E-state index >= 15 is 0 Å². The van der Waals surface area contributed by atoms with Crippen molar-refractivity contribution in [1.29, 1.82) is 0 Å². The smallest absolute Gasteiger partial charge is 0.308 e. The number of rotatable bonds is 4. The molecule has 1 heterocycles. The van der Waals surface area contributed by atoms with Gasteiger partial charge in [-0.05, 0) is 56.7 Å². The first-order chi connectivity index (χ1) is 13.5. The molecule has 6 heteroatoms. The summed E-state index contributed by atoms with van der Waals surface area (Å²) in [5.41, 5.74) is 1.73. The summed E-state index contributed by atoms with van der Waals surface area (Å²) >= 11 is 0. The number of piperidine rings is 1. The number of hydrogen-bond donors (Lipinski definition) is 1. The molecule has 1 N–H and O–H groups in total. The van der Waals surface area contributed by atoms with Crippen LogP contribution in [0.3, 0.4) is 0 Å². The Labute approximate surface area is 165 Å². The fraction of sp³-hybridized carbons (Fsp3) is 0.500. The Morgan fingerprint density at radius 1 is 1.11 bits per heavy atom. The molecule has 1 saturated heterocycles. The molecule has 6 nitrogen and oxygen atoms in total. The van der Waals surface area contributed by atoms with Crippen molar-refractivity contribution >= 4 is 17.8 Å². The van der Waals surface area contributed by atoms with Crippen LogP contribution >= 0.6 is 0 Å². The summed E-state index contributed by atoms with van der Waals surface area (Å²) in [6.07, 6.45) is 9.04. The number of benzene rings is 1. The number of esters is 1. The first kappa shape index (κ1) is 20.1. The van der Waals surface area contributed by atoms with Crippen molar-refractivity contribution in [3.05, 3.63) is 41.5 Å². The summed E-state index contributed by atoms with van der Waals surface area (Å²) < 4.78 is 5.03. The minimum atomic E-state index is -0.419. The summed E-state index contributed by atoms with van der Waals surface area (Å²) in [4.78, 5) is 37.9. The Morgan fingerprint density at radius 3 is 2.50 bits per heavy atom. The van der Waals surface area contributed by atoms with Gasteiger partial charge in [0.25, 0.3) is 5.91 Å². The van der Waals surface area contributed by atoms with Gasteiger partial charge in [0.1, 0.15) is 5.75 Å². The first-order valence-electron chi connectivity index (χ1n) is 10.1. The predicted molar refractivity (Wildman–Crippen MR) is 106 cm³/mol. The van der Waals surface area contributed by atoms with Crippen molar-refractivity contribution in [2.45, 2.75) is 57.9 Å². The molecular weight excluding hydrogens is 356 g/mol. The van der Waals surface area contributed by atoms with Gasteiger partial charge < -0.3 is 15.0 Å². The Hall–Kier alpha value is -2.63. The summed E-state index contributed by atoms with van der Waals surface area (Å²) in [6.45, 7) is 2.63. The predicted octanol–water partition coefficient (Wildman–Crippen LogP) is 3.22. The van der Waals surface area contributed by atoms with Gasteiger partial charge in [0.05, 0.1) is 0 Å². The summed E-state index contributed by atoms with van der Waals surface area (Å²) in [5, 5.41) is 3.02. The van der Waals surface area contributed by atoms with Gasteiger partial charge in [0.2, 0.25) is 5.91 Å². The maximum Gasteiger partial charge on any atom is 0.308 e. The van der Waals surface area contributed by atoms with Gasteiger partial charge in [-0.25, -0.2) is 0 Å². The average molecular weight is 384 g/mol. The van der Waals surface area contributed by atoms with E-state index in [1.54, 1.807) is 24.3 Å². The minimum absolute atomic E-state index is 0.0382. The molecule has 28 heavy (non-hydrogen) atoms. The minimum Gasteiger partial charge on any atom is -0.427 e. The van der Waals surface area contributed by atoms with Gasteiger partial charge >= 0.3 is 5.97 Å². The third-order valence-corrected chi connectivity index (χ3v) is 5.32. The molecule has 0 aromatic heterocycles. The van der Waals surface area contributed by atoms with E-state index in [0.29, 0.717) is 24.4 Å². The van der Waals surface area contributed by atoms with Gasteiger partial charge in [0.15, 0.2) is 0 Å². The van der Waals surface area contributed by atoms with Gasteiger partial charge in [-0.2, -0.15) is 0 Å². The zero-order valence-electron chi connectivity index (χ0n) is 16.4. The normalized spacial score (nSPS) is 17.8. The second-order valence-electron chi connectivity index (χ2n) is 7.56. The number of carbonyl (C=O) groups is 3. The number of hydrogen-bond acceptors (Lipinski definition) is 4. The zero-order chi connectivity index (χ0) is 19.9. The molecule has 1 aliphatic carbocycles. The lowest BCUT2D eigenvalue weighted by molar-refractivity contribution is -0.132.